The van der Waals surface area contributed by atoms with E-state index in [-0.39, 0.29) is 23.8 Å². The van der Waals surface area contributed by atoms with Crippen LogP contribution in [0.3, 0.4) is 0 Å². The highest BCUT2D eigenvalue weighted by Crippen LogP contribution is 2.43. The molecule has 0 saturated heterocycles. The monoisotopic (exact) mass is 403 g/mol. The zero-order valence-corrected chi connectivity index (χ0v) is 16.3. The molecule has 0 bridgehead atoms. The van der Waals surface area contributed by atoms with Crippen LogP contribution < -0.4 is 5.32 Å². The lowest BCUT2D eigenvalue weighted by molar-refractivity contribution is -0.143. The molecule has 0 fully saturated rings. The highest BCUT2D eigenvalue weighted by atomic mass is 79.9. The lowest BCUT2D eigenvalue weighted by Gasteiger charge is -2.34. The van der Waals surface area contributed by atoms with Crippen LogP contribution in [0.2, 0.25) is 0 Å². The molecule has 0 amide bonds. The second kappa shape index (κ2) is 7.16. The first-order valence-corrected chi connectivity index (χ1v) is 9.38. The predicted molar refractivity (Wildman–Crippen MR) is 99.8 cm³/mol. The van der Waals surface area contributed by atoms with Gasteiger partial charge in [-0.25, -0.2) is 4.79 Å². The highest BCUT2D eigenvalue weighted by Gasteiger charge is 2.39. The summed E-state index contributed by atoms with van der Waals surface area (Å²) in [7, 11) is 0. The molecule has 1 aliphatic heterocycles. The van der Waals surface area contributed by atoms with E-state index in [2.05, 4.69) is 21.2 Å². The number of halogens is 1. The topological polar surface area (TPSA) is 55.4 Å². The number of carbonyl (C=O) groups is 2. The van der Waals surface area contributed by atoms with Gasteiger partial charge in [-0.1, -0.05) is 28.1 Å². The lowest BCUT2D eigenvalue weighted by Crippen LogP contribution is -2.34. The Hall–Kier alpha value is -1.88. The molecule has 2 aliphatic rings. The molecule has 4 nitrogen and oxygen atoms in total. The van der Waals surface area contributed by atoms with Gasteiger partial charge in [-0.05, 0) is 51.3 Å². The Morgan fingerprint density at radius 3 is 2.76 bits per heavy atom. The van der Waals surface area contributed by atoms with Crippen molar-refractivity contribution in [3.8, 4) is 0 Å². The minimum Gasteiger partial charge on any atom is -0.460 e. The number of benzene rings is 1. The van der Waals surface area contributed by atoms with Crippen molar-refractivity contribution >= 4 is 27.7 Å². The first kappa shape index (κ1) is 17.9. The molecule has 1 aliphatic carbocycles. The molecule has 1 unspecified atom stereocenters. The second-order valence-corrected chi connectivity index (χ2v) is 7.69. The molecule has 1 heterocycles. The number of rotatable bonds is 3. The molecule has 3 rings (SSSR count). The van der Waals surface area contributed by atoms with Crippen molar-refractivity contribution < 1.29 is 14.3 Å². The second-order valence-electron chi connectivity index (χ2n) is 6.77. The van der Waals surface area contributed by atoms with Gasteiger partial charge in [0.05, 0.1) is 11.7 Å². The van der Waals surface area contributed by atoms with Gasteiger partial charge in [0, 0.05) is 33.8 Å². The minimum atomic E-state index is -0.382. The number of carbonyl (C=O) groups excluding carboxylic acids is 2. The van der Waals surface area contributed by atoms with Gasteiger partial charge < -0.3 is 10.1 Å². The quantitative estimate of drug-likeness (QED) is 0.761. The number of Topliss-reactive ketones (excluding diaryl/α,β-unsaturated/α-hetero) is 1. The summed E-state index contributed by atoms with van der Waals surface area (Å²) in [5.41, 5.74) is 3.88. The van der Waals surface area contributed by atoms with Gasteiger partial charge in [-0.3, -0.25) is 4.79 Å². The average molecular weight is 404 g/mol. The van der Waals surface area contributed by atoms with E-state index in [0.717, 1.165) is 34.3 Å². The van der Waals surface area contributed by atoms with Gasteiger partial charge >= 0.3 is 5.97 Å². The minimum absolute atomic E-state index is 0.112. The molecular formula is C20H22BrNO3. The summed E-state index contributed by atoms with van der Waals surface area (Å²) >= 11 is 3.50. The highest BCUT2D eigenvalue weighted by molar-refractivity contribution is 9.10. The Bertz CT molecular complexity index is 792. The summed E-state index contributed by atoms with van der Waals surface area (Å²) in [6, 6.07) is 7.79. The van der Waals surface area contributed by atoms with E-state index in [1.165, 1.54) is 0 Å². The Kier molecular flexibility index (Phi) is 5.13. The van der Waals surface area contributed by atoms with Crippen molar-refractivity contribution in [3.05, 3.63) is 56.8 Å². The summed E-state index contributed by atoms with van der Waals surface area (Å²) in [5.74, 6) is -0.635. The maximum Gasteiger partial charge on any atom is 0.337 e. The van der Waals surface area contributed by atoms with Crippen LogP contribution in [-0.2, 0) is 14.3 Å². The van der Waals surface area contributed by atoms with Crippen LogP contribution in [0.15, 0.2) is 51.3 Å². The summed E-state index contributed by atoms with van der Waals surface area (Å²) in [6.45, 7) is 5.54. The van der Waals surface area contributed by atoms with Crippen LogP contribution in [0.5, 0.6) is 0 Å². The molecule has 0 radical (unpaired) electrons. The van der Waals surface area contributed by atoms with Crippen LogP contribution in [0.25, 0.3) is 0 Å². The zero-order valence-electron chi connectivity index (χ0n) is 14.7. The van der Waals surface area contributed by atoms with Gasteiger partial charge in [-0.2, -0.15) is 0 Å². The smallest absolute Gasteiger partial charge is 0.337 e. The number of allylic oxidation sites excluding steroid dienone is 3. The summed E-state index contributed by atoms with van der Waals surface area (Å²) < 4.78 is 6.39. The third kappa shape index (κ3) is 3.56. The number of hydrogen-bond acceptors (Lipinski definition) is 4. The van der Waals surface area contributed by atoms with Gasteiger partial charge in [0.2, 0.25) is 0 Å². The maximum atomic E-state index is 12.8. The number of hydrogen-bond donors (Lipinski definition) is 1. The fourth-order valence-corrected chi connectivity index (χ4v) is 3.97. The van der Waals surface area contributed by atoms with E-state index in [1.54, 1.807) is 0 Å². The zero-order chi connectivity index (χ0) is 18.1. The van der Waals surface area contributed by atoms with Crippen molar-refractivity contribution in [2.45, 2.75) is 52.1 Å². The predicted octanol–water partition coefficient (Wildman–Crippen LogP) is 4.37. The van der Waals surface area contributed by atoms with Crippen LogP contribution in [0, 0.1) is 0 Å². The van der Waals surface area contributed by atoms with Gasteiger partial charge in [-0.15, -0.1) is 0 Å². The summed E-state index contributed by atoms with van der Waals surface area (Å²) in [6.07, 6.45) is 1.98. The number of ether oxygens (including phenoxy) is 1. The molecule has 1 aromatic carbocycles. The molecule has 1 atom stereocenters. The maximum absolute atomic E-state index is 12.8. The number of esters is 1. The van der Waals surface area contributed by atoms with E-state index in [1.807, 2.05) is 45.0 Å². The average Bonchev–Trinajstić information content (AvgIpc) is 2.53. The van der Waals surface area contributed by atoms with Crippen LogP contribution in [0.1, 0.15) is 51.5 Å². The van der Waals surface area contributed by atoms with Gasteiger partial charge in [0.1, 0.15) is 0 Å². The van der Waals surface area contributed by atoms with Crippen molar-refractivity contribution in [1.29, 1.82) is 0 Å². The van der Waals surface area contributed by atoms with Gasteiger partial charge in [0.25, 0.3) is 0 Å². The van der Waals surface area contributed by atoms with E-state index >= 15 is 0 Å². The number of nitrogens with one attached hydrogen (secondary N) is 1. The first-order valence-electron chi connectivity index (χ1n) is 8.59. The third-order valence-electron chi connectivity index (χ3n) is 4.52. The number of dihydropyridines is 1. The van der Waals surface area contributed by atoms with Crippen molar-refractivity contribution in [2.75, 3.05) is 0 Å². The first-order chi connectivity index (χ1) is 11.9. The number of ketones is 1. The largest absolute Gasteiger partial charge is 0.460 e. The standard InChI is InChI=1S/C20H22BrNO3/c1-11(2)25-20(24)17-12(3)22-15-8-5-9-16(23)19(15)18(17)13-6-4-7-14(21)10-13/h4,6-7,10-11,18,22H,5,8-9H2,1-3H3. The van der Waals surface area contributed by atoms with E-state index in [9.17, 15) is 9.59 Å². The van der Waals surface area contributed by atoms with Crippen LogP contribution in [0.4, 0.5) is 0 Å². The Labute approximate surface area is 156 Å². The molecule has 0 aromatic heterocycles. The molecule has 5 heteroatoms. The Balaban J connectivity index is 2.15. The van der Waals surface area contributed by atoms with E-state index < -0.39 is 0 Å². The fraction of sp³-hybridized carbons (Fsp3) is 0.400. The Morgan fingerprint density at radius 1 is 1.32 bits per heavy atom. The lowest BCUT2D eigenvalue weighted by atomic mass is 9.75. The van der Waals surface area contributed by atoms with Crippen molar-refractivity contribution in [2.24, 2.45) is 0 Å². The Morgan fingerprint density at radius 2 is 2.08 bits per heavy atom. The fourth-order valence-electron chi connectivity index (χ4n) is 3.55. The molecule has 25 heavy (non-hydrogen) atoms. The molecule has 0 spiro atoms. The molecule has 1 N–H and O–H groups in total. The normalized spacial score (nSPS) is 20.5. The summed E-state index contributed by atoms with van der Waals surface area (Å²) in [4.78, 5) is 25.5. The molecule has 132 valence electrons. The molecular weight excluding hydrogens is 382 g/mol. The van der Waals surface area contributed by atoms with Crippen molar-refractivity contribution in [1.82, 2.24) is 5.32 Å². The van der Waals surface area contributed by atoms with Crippen LogP contribution >= 0.6 is 15.9 Å². The molecule has 0 saturated carbocycles. The third-order valence-corrected chi connectivity index (χ3v) is 5.01. The van der Waals surface area contributed by atoms with E-state index in [4.69, 9.17) is 4.74 Å². The van der Waals surface area contributed by atoms with Crippen LogP contribution in [-0.4, -0.2) is 17.9 Å². The van der Waals surface area contributed by atoms with Crippen molar-refractivity contribution in [3.63, 3.8) is 0 Å². The summed E-state index contributed by atoms with van der Waals surface area (Å²) in [5, 5.41) is 3.29. The van der Waals surface area contributed by atoms with Gasteiger partial charge in [0.15, 0.2) is 5.78 Å². The SMILES string of the molecule is CC1=C(C(=O)OC(C)C)C(c2cccc(Br)c2)C2=C(CCCC2=O)N1. The molecule has 1 aromatic rings. The van der Waals surface area contributed by atoms with E-state index in [0.29, 0.717) is 17.6 Å².